The minimum absolute atomic E-state index is 0.00523. The summed E-state index contributed by atoms with van der Waals surface area (Å²) in [6, 6.07) is 17.9. The standard InChI is InChI=1S/C27H38N2O2/c1-27(2,29-17-15-28(16-18-29)19-20-30)25-13-11-24(12-14-25)23-9-7-22(8-10-23)21-31-26-5-3-4-6-26/h7-14,26,30H,3-6,15-21H2,1-2H3. The number of aliphatic hydroxyl groups is 1. The molecule has 0 radical (unpaired) electrons. The van der Waals surface area contributed by atoms with E-state index in [1.807, 2.05) is 0 Å². The highest BCUT2D eigenvalue weighted by molar-refractivity contribution is 5.64. The minimum Gasteiger partial charge on any atom is -0.395 e. The molecule has 0 spiro atoms. The van der Waals surface area contributed by atoms with Gasteiger partial charge in [0.05, 0.1) is 19.3 Å². The van der Waals surface area contributed by atoms with Crippen LogP contribution in [0.3, 0.4) is 0 Å². The molecule has 1 N–H and O–H groups in total. The van der Waals surface area contributed by atoms with Crippen LogP contribution in [-0.2, 0) is 16.9 Å². The third-order valence-corrected chi connectivity index (χ3v) is 7.25. The number of piperazine rings is 1. The molecule has 0 aromatic heterocycles. The van der Waals surface area contributed by atoms with Crippen LogP contribution in [0.15, 0.2) is 48.5 Å². The van der Waals surface area contributed by atoms with Gasteiger partial charge in [-0.15, -0.1) is 0 Å². The van der Waals surface area contributed by atoms with E-state index in [1.165, 1.54) is 47.9 Å². The van der Waals surface area contributed by atoms with Crippen LogP contribution in [-0.4, -0.2) is 60.3 Å². The molecule has 1 saturated carbocycles. The molecule has 1 aliphatic heterocycles. The molecule has 1 heterocycles. The first-order valence-electron chi connectivity index (χ1n) is 12.0. The molecule has 1 saturated heterocycles. The van der Waals surface area contributed by atoms with Gasteiger partial charge in [0.25, 0.3) is 0 Å². The van der Waals surface area contributed by atoms with Crippen molar-refractivity contribution in [2.24, 2.45) is 0 Å². The molecule has 0 amide bonds. The maximum atomic E-state index is 9.17. The predicted molar refractivity (Wildman–Crippen MR) is 127 cm³/mol. The first-order chi connectivity index (χ1) is 15.1. The number of aliphatic hydroxyl groups excluding tert-OH is 1. The Balaban J connectivity index is 1.36. The SMILES string of the molecule is CC(C)(c1ccc(-c2ccc(COC3CCCC3)cc2)cc1)N1CCN(CCO)CC1. The van der Waals surface area contributed by atoms with E-state index in [2.05, 4.69) is 72.2 Å². The van der Waals surface area contributed by atoms with Crippen molar-refractivity contribution in [3.05, 3.63) is 59.7 Å². The molecular formula is C27H38N2O2. The van der Waals surface area contributed by atoms with Crippen LogP contribution in [0.4, 0.5) is 0 Å². The van der Waals surface area contributed by atoms with Crippen molar-refractivity contribution >= 4 is 0 Å². The number of rotatable bonds is 8. The topological polar surface area (TPSA) is 35.9 Å². The number of hydrogen-bond acceptors (Lipinski definition) is 4. The van der Waals surface area contributed by atoms with Crippen molar-refractivity contribution in [1.29, 1.82) is 0 Å². The summed E-state index contributed by atoms with van der Waals surface area (Å²) in [6.07, 6.45) is 5.54. The van der Waals surface area contributed by atoms with E-state index in [0.717, 1.165) is 39.3 Å². The lowest BCUT2D eigenvalue weighted by molar-refractivity contribution is 0.0440. The lowest BCUT2D eigenvalue weighted by Crippen LogP contribution is -2.53. The summed E-state index contributed by atoms with van der Waals surface area (Å²) in [5, 5.41) is 9.17. The minimum atomic E-state index is 0.00523. The van der Waals surface area contributed by atoms with Gasteiger partial charge in [-0.05, 0) is 48.9 Å². The van der Waals surface area contributed by atoms with E-state index in [4.69, 9.17) is 9.84 Å². The van der Waals surface area contributed by atoms with E-state index >= 15 is 0 Å². The molecule has 0 unspecified atom stereocenters. The zero-order valence-corrected chi connectivity index (χ0v) is 19.2. The van der Waals surface area contributed by atoms with Gasteiger partial charge in [0.15, 0.2) is 0 Å². The lowest BCUT2D eigenvalue weighted by Gasteiger charge is -2.44. The summed E-state index contributed by atoms with van der Waals surface area (Å²) in [7, 11) is 0. The molecular weight excluding hydrogens is 384 g/mol. The van der Waals surface area contributed by atoms with Crippen molar-refractivity contribution in [3.8, 4) is 11.1 Å². The summed E-state index contributed by atoms with van der Waals surface area (Å²) in [5.74, 6) is 0. The van der Waals surface area contributed by atoms with E-state index in [9.17, 15) is 0 Å². The zero-order valence-electron chi connectivity index (χ0n) is 19.2. The zero-order chi connectivity index (χ0) is 21.7. The molecule has 2 aromatic rings. The van der Waals surface area contributed by atoms with Crippen molar-refractivity contribution in [2.45, 2.75) is 57.8 Å². The van der Waals surface area contributed by atoms with Gasteiger partial charge < -0.3 is 9.84 Å². The van der Waals surface area contributed by atoms with Crippen LogP contribution < -0.4 is 0 Å². The van der Waals surface area contributed by atoms with Gasteiger partial charge in [-0.25, -0.2) is 0 Å². The summed E-state index contributed by atoms with van der Waals surface area (Å²) >= 11 is 0. The first kappa shape index (κ1) is 22.5. The predicted octanol–water partition coefficient (Wildman–Crippen LogP) is 4.66. The van der Waals surface area contributed by atoms with Crippen LogP contribution in [0, 0.1) is 0 Å². The quantitative estimate of drug-likeness (QED) is 0.671. The van der Waals surface area contributed by atoms with Crippen molar-refractivity contribution in [2.75, 3.05) is 39.3 Å². The highest BCUT2D eigenvalue weighted by Crippen LogP contribution is 2.31. The summed E-state index contributed by atoms with van der Waals surface area (Å²) in [5.41, 5.74) is 5.13. The molecule has 1 aliphatic carbocycles. The number of nitrogens with zero attached hydrogens (tertiary/aromatic N) is 2. The second-order valence-corrected chi connectivity index (χ2v) is 9.60. The third-order valence-electron chi connectivity index (χ3n) is 7.25. The Bertz CT molecular complexity index is 802. The summed E-state index contributed by atoms with van der Waals surface area (Å²) in [4.78, 5) is 4.91. The number of benzene rings is 2. The summed E-state index contributed by atoms with van der Waals surface area (Å²) < 4.78 is 6.05. The lowest BCUT2D eigenvalue weighted by atomic mass is 9.90. The van der Waals surface area contributed by atoms with Gasteiger partial charge in [-0.1, -0.05) is 61.4 Å². The highest BCUT2D eigenvalue weighted by Gasteiger charge is 2.31. The average Bonchev–Trinajstić information content (AvgIpc) is 3.33. The third kappa shape index (κ3) is 5.56. The fourth-order valence-electron chi connectivity index (χ4n) is 4.99. The Labute approximate surface area is 187 Å². The molecule has 168 valence electrons. The van der Waals surface area contributed by atoms with E-state index in [1.54, 1.807) is 0 Å². The highest BCUT2D eigenvalue weighted by atomic mass is 16.5. The normalized spacial score (nSPS) is 19.2. The van der Waals surface area contributed by atoms with Gasteiger partial charge in [0.1, 0.15) is 0 Å². The number of hydrogen-bond donors (Lipinski definition) is 1. The molecule has 2 aliphatic rings. The van der Waals surface area contributed by atoms with E-state index in [-0.39, 0.29) is 12.1 Å². The second kappa shape index (κ2) is 10.3. The number of ether oxygens (including phenoxy) is 1. The van der Waals surface area contributed by atoms with Crippen LogP contribution in [0.1, 0.15) is 50.7 Å². The fraction of sp³-hybridized carbons (Fsp3) is 0.556. The van der Waals surface area contributed by atoms with E-state index < -0.39 is 0 Å². The smallest absolute Gasteiger partial charge is 0.0720 e. The Morgan fingerprint density at radius 2 is 1.45 bits per heavy atom. The Morgan fingerprint density at radius 3 is 2.03 bits per heavy atom. The molecule has 2 aromatic carbocycles. The van der Waals surface area contributed by atoms with Crippen molar-refractivity contribution in [3.63, 3.8) is 0 Å². The van der Waals surface area contributed by atoms with Crippen LogP contribution >= 0.6 is 0 Å². The first-order valence-corrected chi connectivity index (χ1v) is 12.0. The maximum absolute atomic E-state index is 9.17. The van der Waals surface area contributed by atoms with Gasteiger partial charge in [-0.3, -0.25) is 9.80 Å². The largest absolute Gasteiger partial charge is 0.395 e. The Kier molecular flexibility index (Phi) is 7.44. The molecule has 4 heteroatoms. The van der Waals surface area contributed by atoms with Crippen LogP contribution in [0.2, 0.25) is 0 Å². The van der Waals surface area contributed by atoms with E-state index in [0.29, 0.717) is 6.10 Å². The Morgan fingerprint density at radius 1 is 0.871 bits per heavy atom. The van der Waals surface area contributed by atoms with Gasteiger partial charge in [-0.2, -0.15) is 0 Å². The van der Waals surface area contributed by atoms with Crippen molar-refractivity contribution in [1.82, 2.24) is 9.80 Å². The molecule has 31 heavy (non-hydrogen) atoms. The Hall–Kier alpha value is -1.72. The monoisotopic (exact) mass is 422 g/mol. The van der Waals surface area contributed by atoms with Crippen LogP contribution in [0.5, 0.6) is 0 Å². The van der Waals surface area contributed by atoms with Gasteiger partial charge >= 0.3 is 0 Å². The average molecular weight is 423 g/mol. The fourth-order valence-corrected chi connectivity index (χ4v) is 4.99. The van der Waals surface area contributed by atoms with Crippen LogP contribution in [0.25, 0.3) is 11.1 Å². The molecule has 4 nitrogen and oxygen atoms in total. The molecule has 0 bridgehead atoms. The molecule has 4 rings (SSSR count). The molecule has 0 atom stereocenters. The maximum Gasteiger partial charge on any atom is 0.0720 e. The molecule has 2 fully saturated rings. The van der Waals surface area contributed by atoms with Crippen molar-refractivity contribution < 1.29 is 9.84 Å². The van der Waals surface area contributed by atoms with Gasteiger partial charge in [0, 0.05) is 38.3 Å². The second-order valence-electron chi connectivity index (χ2n) is 9.60. The number of β-amino-alcohol motifs (C(OH)–C–C–N with tert-alkyl or cyclic N) is 1. The summed E-state index contributed by atoms with van der Waals surface area (Å²) in [6.45, 7) is 10.5. The van der Waals surface area contributed by atoms with Gasteiger partial charge in [0.2, 0.25) is 0 Å².